The molecule has 2 unspecified atom stereocenters. The van der Waals surface area contributed by atoms with Crippen LogP contribution in [0.2, 0.25) is 0 Å². The number of nitrogens with one attached hydrogen (secondary N) is 2. The highest BCUT2D eigenvalue weighted by atomic mass is 32.1. The minimum atomic E-state index is -0.372. The maximum absolute atomic E-state index is 11.7. The SMILES string of the molecule is N#CC1C(=S)NC(c2cccnc2)=CC1c1ccncc1.N#CCC(N)=S.N#Cc1c(-c2ccncc2)cc(-c2cccnc2)[nH]c1=S.O=C(/C=C/c1ccncc1)c1cccnc1. The van der Waals surface area contributed by atoms with Crippen molar-refractivity contribution in [1.82, 2.24) is 40.2 Å². The summed E-state index contributed by atoms with van der Waals surface area (Å²) in [5, 5.41) is 29.7. The van der Waals surface area contributed by atoms with E-state index < -0.39 is 0 Å². The smallest absolute Gasteiger partial charge is 0.187 e. The van der Waals surface area contributed by atoms with Gasteiger partial charge in [-0.05, 0) is 102 Å². The summed E-state index contributed by atoms with van der Waals surface area (Å²) in [4.78, 5) is 39.6. The summed E-state index contributed by atoms with van der Waals surface area (Å²) >= 11 is 15.0. The van der Waals surface area contributed by atoms with E-state index >= 15 is 0 Å². The zero-order valence-corrected chi connectivity index (χ0v) is 36.2. The van der Waals surface area contributed by atoms with Gasteiger partial charge in [-0.15, -0.1) is 0 Å². The molecule has 8 rings (SSSR count). The van der Waals surface area contributed by atoms with Gasteiger partial charge in [0.15, 0.2) is 5.78 Å². The van der Waals surface area contributed by atoms with Crippen LogP contribution in [-0.2, 0) is 0 Å². The van der Waals surface area contributed by atoms with Gasteiger partial charge in [-0.3, -0.25) is 34.7 Å². The molecule has 8 heterocycles. The van der Waals surface area contributed by atoms with E-state index in [2.05, 4.69) is 64.6 Å². The molecule has 7 aromatic rings. The van der Waals surface area contributed by atoms with Gasteiger partial charge < -0.3 is 16.0 Å². The fourth-order valence-corrected chi connectivity index (χ4v) is 6.47. The number of nitrogens with two attached hydrogens (primary N) is 1. The molecule has 0 spiro atoms. The molecule has 16 heteroatoms. The number of hydrogen-bond donors (Lipinski definition) is 3. The Balaban J connectivity index is 0.000000171. The second-order valence-electron chi connectivity index (χ2n) is 13.1. The fraction of sp³-hybridized carbons (Fsp3) is 0.0625. The van der Waals surface area contributed by atoms with Crippen molar-refractivity contribution in [2.45, 2.75) is 12.3 Å². The zero-order valence-electron chi connectivity index (χ0n) is 33.8. The first-order valence-electron chi connectivity index (χ1n) is 19.1. The van der Waals surface area contributed by atoms with Crippen LogP contribution in [0, 0.1) is 44.6 Å². The summed E-state index contributed by atoms with van der Waals surface area (Å²) in [5.74, 6) is -0.505. The normalized spacial score (nSPS) is 13.5. The lowest BCUT2D eigenvalue weighted by molar-refractivity contribution is 0.104. The minimum absolute atomic E-state index is 0.0510. The van der Waals surface area contributed by atoms with Crippen LogP contribution in [0.25, 0.3) is 34.2 Å². The summed E-state index contributed by atoms with van der Waals surface area (Å²) in [5.41, 5.74) is 13.2. The Hall–Kier alpha value is -8.33. The Bertz CT molecular complexity index is 2900. The van der Waals surface area contributed by atoms with Gasteiger partial charge in [0, 0.05) is 114 Å². The number of hydrogen-bond acceptors (Lipinski definition) is 13. The lowest BCUT2D eigenvalue weighted by Gasteiger charge is -2.28. The monoisotopic (exact) mass is 892 g/mol. The van der Waals surface area contributed by atoms with Gasteiger partial charge in [-0.2, -0.15) is 15.8 Å². The lowest BCUT2D eigenvalue weighted by atomic mass is 9.83. The highest BCUT2D eigenvalue weighted by Crippen LogP contribution is 2.33. The molecule has 0 saturated carbocycles. The second-order valence-corrected chi connectivity index (χ2v) is 14.5. The van der Waals surface area contributed by atoms with Gasteiger partial charge >= 0.3 is 0 Å². The highest BCUT2D eigenvalue weighted by Gasteiger charge is 2.30. The van der Waals surface area contributed by atoms with Gasteiger partial charge in [0.25, 0.3) is 0 Å². The Labute approximate surface area is 385 Å². The molecule has 0 bridgehead atoms. The average molecular weight is 893 g/mol. The first kappa shape index (κ1) is 46.7. The molecule has 0 amide bonds. The number of H-pyrrole nitrogens is 1. The number of aromatic nitrogens is 7. The Morgan fingerprint density at radius 1 is 0.734 bits per heavy atom. The van der Waals surface area contributed by atoms with Crippen molar-refractivity contribution in [1.29, 1.82) is 15.8 Å². The lowest BCUT2D eigenvalue weighted by Crippen LogP contribution is -2.35. The van der Waals surface area contributed by atoms with Crippen LogP contribution in [0.4, 0.5) is 0 Å². The van der Waals surface area contributed by atoms with Crippen LogP contribution in [-0.4, -0.2) is 50.6 Å². The zero-order chi connectivity index (χ0) is 45.5. The molecule has 13 nitrogen and oxygen atoms in total. The van der Waals surface area contributed by atoms with E-state index in [1.165, 1.54) is 6.08 Å². The standard InChI is InChI=1S/C16H12N4S.C16H10N4S.C13H10N2O.C3H4N2S/c2*17-9-14-13(11-3-6-18-7-4-11)8-15(20-16(14)21)12-2-1-5-19-10-12;16-13(12-2-1-7-15-10-12)4-3-11-5-8-14-9-6-11;4-2-1-3(5)6/h1-8,10,13-14H,(H,20,21);1-8,10H,(H,20,21);1-10H;1H2,(H2,5,6)/b;;4-3+;. The predicted octanol–water partition coefficient (Wildman–Crippen LogP) is 8.97. The number of thiocarbonyl (C=S) groups is 2. The predicted molar refractivity (Wildman–Crippen MR) is 256 cm³/mol. The number of pyridine rings is 7. The molecule has 64 heavy (non-hydrogen) atoms. The van der Waals surface area contributed by atoms with Gasteiger partial charge in [-0.1, -0.05) is 48.8 Å². The van der Waals surface area contributed by atoms with Gasteiger partial charge in [0.1, 0.15) is 16.6 Å². The Morgan fingerprint density at radius 3 is 1.86 bits per heavy atom. The third-order valence-electron chi connectivity index (χ3n) is 8.89. The number of rotatable bonds is 8. The van der Waals surface area contributed by atoms with Crippen LogP contribution in [0.1, 0.15) is 45.0 Å². The third-order valence-corrected chi connectivity index (χ3v) is 9.70. The summed E-state index contributed by atoms with van der Waals surface area (Å²) in [6, 6.07) is 30.5. The molecule has 7 aromatic heterocycles. The topological polar surface area (TPSA) is 220 Å². The first-order chi connectivity index (χ1) is 31.2. The van der Waals surface area contributed by atoms with Crippen LogP contribution in [0.3, 0.4) is 0 Å². The minimum Gasteiger partial charge on any atom is -0.392 e. The first-order valence-corrected chi connectivity index (χ1v) is 20.3. The maximum atomic E-state index is 11.7. The molecule has 1 aliphatic heterocycles. The third kappa shape index (κ3) is 13.9. The van der Waals surface area contributed by atoms with E-state index in [-0.39, 0.29) is 29.0 Å². The molecule has 2 atom stereocenters. The van der Waals surface area contributed by atoms with Crippen molar-refractivity contribution in [2.24, 2.45) is 11.7 Å². The Morgan fingerprint density at radius 2 is 1.33 bits per heavy atom. The summed E-state index contributed by atoms with van der Waals surface area (Å²) in [7, 11) is 0. The molecule has 0 radical (unpaired) electrons. The van der Waals surface area contributed by atoms with Crippen LogP contribution in [0.15, 0.2) is 165 Å². The van der Waals surface area contributed by atoms with E-state index in [4.69, 9.17) is 35.4 Å². The summed E-state index contributed by atoms with van der Waals surface area (Å²) in [6.07, 6.45) is 25.9. The fourth-order valence-electron chi connectivity index (χ4n) is 5.83. The summed E-state index contributed by atoms with van der Waals surface area (Å²) < 4.78 is 0.422. The van der Waals surface area contributed by atoms with Gasteiger partial charge in [0.05, 0.1) is 34.1 Å². The van der Waals surface area contributed by atoms with Crippen molar-refractivity contribution in [3.8, 4) is 40.6 Å². The number of carbonyl (C=O) groups excluding carboxylic acids is 1. The highest BCUT2D eigenvalue weighted by molar-refractivity contribution is 7.80. The van der Waals surface area contributed by atoms with E-state index in [1.54, 1.807) is 98.6 Å². The second kappa shape index (κ2) is 24.8. The largest absolute Gasteiger partial charge is 0.392 e. The molecular weight excluding hydrogens is 857 g/mol. The number of carbonyl (C=O) groups is 1. The molecule has 0 saturated heterocycles. The van der Waals surface area contributed by atoms with Crippen LogP contribution >= 0.6 is 36.7 Å². The van der Waals surface area contributed by atoms with E-state index in [0.717, 1.165) is 44.8 Å². The van der Waals surface area contributed by atoms with Crippen molar-refractivity contribution in [3.05, 3.63) is 198 Å². The number of nitrogens with zero attached hydrogens (tertiary/aromatic N) is 9. The maximum Gasteiger partial charge on any atom is 0.187 e. The molecule has 312 valence electrons. The molecule has 0 aliphatic carbocycles. The van der Waals surface area contributed by atoms with E-state index in [9.17, 15) is 15.3 Å². The molecule has 0 aromatic carbocycles. The molecular formula is C48H36N12OS3. The number of aromatic amines is 1. The van der Waals surface area contributed by atoms with E-state index in [0.29, 0.717) is 20.8 Å². The van der Waals surface area contributed by atoms with Gasteiger partial charge in [0.2, 0.25) is 0 Å². The van der Waals surface area contributed by atoms with Crippen LogP contribution in [0.5, 0.6) is 0 Å². The summed E-state index contributed by atoms with van der Waals surface area (Å²) in [6.45, 7) is 0. The molecule has 0 fully saturated rings. The van der Waals surface area contributed by atoms with Crippen LogP contribution < -0.4 is 11.1 Å². The molecule has 4 N–H and O–H groups in total. The van der Waals surface area contributed by atoms with Crippen molar-refractivity contribution < 1.29 is 4.79 Å². The van der Waals surface area contributed by atoms with E-state index in [1.807, 2.05) is 72.8 Å². The number of allylic oxidation sites excluding steroid dienone is 2. The van der Waals surface area contributed by atoms with Crippen molar-refractivity contribution in [3.63, 3.8) is 0 Å². The van der Waals surface area contributed by atoms with Crippen molar-refractivity contribution in [2.75, 3.05) is 0 Å². The quantitative estimate of drug-likeness (QED) is 0.0736. The van der Waals surface area contributed by atoms with Gasteiger partial charge in [-0.25, -0.2) is 0 Å². The Kier molecular flexibility index (Phi) is 18.1. The van der Waals surface area contributed by atoms with Crippen molar-refractivity contribution >= 4 is 64.2 Å². The average Bonchev–Trinajstić information content (AvgIpc) is 3.35. The number of nitriles is 3. The number of ketones is 1. The molecule has 1 aliphatic rings.